The van der Waals surface area contributed by atoms with Gasteiger partial charge >= 0.3 is 29.4 Å². The number of aliphatic hydroxyl groups excluding tert-OH is 2. The number of hydrogen-bond donors (Lipinski definition) is 11. The molecule has 2 aromatic rings. The molecule has 0 saturated carbocycles. The van der Waals surface area contributed by atoms with Crippen LogP contribution in [0.15, 0.2) is 12.7 Å². The first-order valence-electron chi connectivity index (χ1n) is 16.2. The number of phosphoric ester groups is 3. The van der Waals surface area contributed by atoms with Gasteiger partial charge in [0.05, 0.1) is 19.5 Å². The first-order valence-corrected chi connectivity index (χ1v) is 22.2. The van der Waals surface area contributed by atoms with E-state index in [-0.39, 0.29) is 42.2 Å². The van der Waals surface area contributed by atoms with Crippen molar-refractivity contribution in [3.8, 4) is 0 Å². The second-order valence-corrected chi connectivity index (χ2v) is 18.5. The number of thioether (sulfide) groups is 1. The number of Topliss-reactive ketones (excluding diaryl/α,β-unsaturated/α-hetero) is 1. The van der Waals surface area contributed by atoms with Crippen molar-refractivity contribution < 1.29 is 95.2 Å². The molecule has 1 saturated heterocycles. The largest absolute Gasteiger partial charge is 0.481 e. The van der Waals surface area contributed by atoms with Crippen LogP contribution < -0.4 is 16.4 Å². The van der Waals surface area contributed by atoms with Gasteiger partial charge in [-0.05, 0) is 0 Å². The molecule has 11 N–H and O–H groups in total. The lowest BCUT2D eigenvalue weighted by Gasteiger charge is -2.30. The summed E-state index contributed by atoms with van der Waals surface area (Å²) in [4.78, 5) is 110. The Kier molecular flexibility index (Phi) is 17.5. The Balaban J connectivity index is 1.47. The van der Waals surface area contributed by atoms with Crippen molar-refractivity contribution in [2.45, 2.75) is 62.6 Å². The predicted octanol–water partition coefficient (Wildman–Crippen LogP) is -1.99. The number of nitrogens with two attached hydrogens (primary N) is 1. The van der Waals surface area contributed by atoms with Crippen LogP contribution in [0, 0.1) is 5.41 Å². The molecule has 0 aliphatic carbocycles. The minimum Gasteiger partial charge on any atom is -0.481 e. The van der Waals surface area contributed by atoms with Gasteiger partial charge in [-0.15, -0.1) is 0 Å². The van der Waals surface area contributed by atoms with Crippen LogP contribution in [0.3, 0.4) is 0 Å². The summed E-state index contributed by atoms with van der Waals surface area (Å²) in [6.45, 7) is -0.0416. The van der Waals surface area contributed by atoms with Crippen molar-refractivity contribution in [1.29, 1.82) is 0 Å². The van der Waals surface area contributed by atoms with Crippen LogP contribution in [0.1, 0.15) is 32.9 Å². The number of rotatable bonds is 23. The third-order valence-corrected chi connectivity index (χ3v) is 12.3. The third-order valence-electron chi connectivity index (χ3n) is 7.60. The van der Waals surface area contributed by atoms with Crippen LogP contribution in [0.5, 0.6) is 0 Å². The standard InChI is InChI=1S/C26H40N7O20P3S2/c1-26(2,20(39)23(40)29-4-3-14(35)28-5-6-58-25(41)19(57)12(34)7-15(36)37)9-50-56(47,48)53-55(45,46)49-8-13-18(52-54(42,43)44)17(38)24(51-13)33-11-32-16-21(27)30-10-31-22(16)33/h10-11,13,17-20,24,38-39,57H,3-9H2,1-2H3,(H,28,35)(H,29,40)(H,36,37)(H,45,46)(H,47,48)(H2,27,30,31)(H2,42,43,44)/t13-,17-,18-,19+,20+,24-/m1/s1. The second kappa shape index (κ2) is 20.5. The van der Waals surface area contributed by atoms with Crippen molar-refractivity contribution in [3.05, 3.63) is 12.7 Å². The highest BCUT2D eigenvalue weighted by Crippen LogP contribution is 2.61. The highest BCUT2D eigenvalue weighted by molar-refractivity contribution is 8.15. The number of hydrogen-bond acceptors (Lipinski definition) is 21. The van der Waals surface area contributed by atoms with Gasteiger partial charge in [0.15, 0.2) is 23.5 Å². The van der Waals surface area contributed by atoms with E-state index >= 15 is 0 Å². The zero-order valence-corrected chi connectivity index (χ0v) is 34.5. The number of fused-ring (bicyclic) bond motifs is 1. The number of carboxylic acids is 1. The normalized spacial score (nSPS) is 21.7. The van der Waals surface area contributed by atoms with E-state index in [4.69, 9.17) is 24.6 Å². The number of nitrogens with one attached hydrogen (secondary N) is 2. The van der Waals surface area contributed by atoms with E-state index in [9.17, 15) is 67.5 Å². The molecule has 0 bridgehead atoms. The number of imidazole rings is 1. The summed E-state index contributed by atoms with van der Waals surface area (Å²) >= 11 is 4.44. The Morgan fingerprint density at radius 2 is 1.71 bits per heavy atom. The molecule has 326 valence electrons. The van der Waals surface area contributed by atoms with E-state index in [0.717, 1.165) is 17.2 Å². The number of anilines is 1. The first kappa shape index (κ1) is 49.4. The molecule has 0 aromatic carbocycles. The van der Waals surface area contributed by atoms with Gasteiger partial charge in [-0.2, -0.15) is 16.9 Å². The van der Waals surface area contributed by atoms with Crippen LogP contribution in [0.4, 0.5) is 5.82 Å². The number of carboxylic acid groups (broad SMARTS) is 1. The molecule has 8 atom stereocenters. The summed E-state index contributed by atoms with van der Waals surface area (Å²) < 4.78 is 61.9. The zero-order chi connectivity index (χ0) is 43.8. The molecule has 2 amide bonds. The quantitative estimate of drug-likeness (QED) is 0.0249. The topological polar surface area (TPSA) is 418 Å². The molecule has 58 heavy (non-hydrogen) atoms. The minimum atomic E-state index is -5.61. The summed E-state index contributed by atoms with van der Waals surface area (Å²) in [5.74, 6) is -3.99. The molecule has 0 radical (unpaired) electrons. The maximum atomic E-state index is 12.7. The predicted molar refractivity (Wildman–Crippen MR) is 197 cm³/mol. The van der Waals surface area contributed by atoms with Crippen molar-refractivity contribution in [1.82, 2.24) is 30.2 Å². The summed E-state index contributed by atoms with van der Waals surface area (Å²) in [6.07, 6.45) is -8.12. The first-order chi connectivity index (χ1) is 26.7. The number of aliphatic hydroxyl groups is 2. The Labute approximate surface area is 336 Å². The van der Waals surface area contributed by atoms with Crippen molar-refractivity contribution in [2.24, 2.45) is 5.41 Å². The molecule has 1 fully saturated rings. The van der Waals surface area contributed by atoms with Crippen molar-refractivity contribution >= 4 is 93.5 Å². The molecular formula is C26H40N7O20P3S2. The Morgan fingerprint density at radius 3 is 2.34 bits per heavy atom. The lowest BCUT2D eigenvalue weighted by Crippen LogP contribution is -2.46. The van der Waals surface area contributed by atoms with Gasteiger partial charge in [0.1, 0.15) is 47.9 Å². The lowest BCUT2D eigenvalue weighted by molar-refractivity contribution is -0.140. The van der Waals surface area contributed by atoms with Gasteiger partial charge in [0.25, 0.3) is 0 Å². The molecule has 32 heteroatoms. The highest BCUT2D eigenvalue weighted by Gasteiger charge is 2.50. The number of thiol groups is 1. The molecule has 1 aliphatic heterocycles. The van der Waals surface area contributed by atoms with Crippen LogP contribution >= 0.6 is 47.9 Å². The molecule has 1 aliphatic rings. The number of nitrogen functional groups attached to an aromatic ring is 1. The number of aliphatic carboxylic acids is 1. The van der Waals surface area contributed by atoms with Crippen LogP contribution in [0.2, 0.25) is 0 Å². The fraction of sp³-hybridized carbons (Fsp3) is 0.615. The maximum absolute atomic E-state index is 12.7. The van der Waals surface area contributed by atoms with Crippen LogP contribution in [-0.4, -0.2) is 145 Å². The summed E-state index contributed by atoms with van der Waals surface area (Å²) in [6, 6.07) is 0. The van der Waals surface area contributed by atoms with Crippen LogP contribution in [0.25, 0.3) is 11.2 Å². The summed E-state index contributed by atoms with van der Waals surface area (Å²) in [5, 5.41) is 32.6. The monoisotopic (exact) mass is 927 g/mol. The molecule has 0 spiro atoms. The molecule has 2 unspecified atom stereocenters. The number of ketones is 1. The molecular weight excluding hydrogens is 887 g/mol. The number of ether oxygens (including phenoxy) is 1. The van der Waals surface area contributed by atoms with E-state index in [1.54, 1.807) is 0 Å². The Morgan fingerprint density at radius 1 is 1.05 bits per heavy atom. The van der Waals surface area contributed by atoms with E-state index < -0.39 is 113 Å². The Bertz CT molecular complexity index is 1990. The van der Waals surface area contributed by atoms with E-state index in [1.165, 1.54) is 13.8 Å². The average Bonchev–Trinajstić information content (AvgIpc) is 3.67. The summed E-state index contributed by atoms with van der Waals surface area (Å²) in [7, 11) is -16.5. The Hall–Kier alpha value is -2.95. The lowest BCUT2D eigenvalue weighted by atomic mass is 9.87. The molecule has 3 heterocycles. The smallest absolute Gasteiger partial charge is 0.481 e. The van der Waals surface area contributed by atoms with Gasteiger partial charge in [0, 0.05) is 30.7 Å². The van der Waals surface area contributed by atoms with E-state index in [0.29, 0.717) is 11.8 Å². The van der Waals surface area contributed by atoms with Crippen LogP contribution in [-0.2, 0) is 60.3 Å². The fourth-order valence-electron chi connectivity index (χ4n) is 4.74. The van der Waals surface area contributed by atoms with Gasteiger partial charge < -0.3 is 56.0 Å². The summed E-state index contributed by atoms with van der Waals surface area (Å²) in [5.41, 5.74) is 4.15. The van der Waals surface area contributed by atoms with Crippen molar-refractivity contribution in [3.63, 3.8) is 0 Å². The van der Waals surface area contributed by atoms with Gasteiger partial charge in [-0.1, -0.05) is 25.6 Å². The highest BCUT2D eigenvalue weighted by atomic mass is 32.2. The minimum absolute atomic E-state index is 0.0112. The van der Waals surface area contributed by atoms with Gasteiger partial charge in [0.2, 0.25) is 16.9 Å². The second-order valence-electron chi connectivity index (χ2n) is 12.7. The van der Waals surface area contributed by atoms with E-state index in [1.807, 2.05) is 0 Å². The fourth-order valence-corrected chi connectivity index (χ4v) is 8.58. The SMILES string of the molecule is CC(C)(COP(=O)(O)OP(=O)(O)OC[C@H]1O[C@@H](n2cnc3c(N)ncnc32)[C@H](O)[C@@H]1OP(=O)(O)O)[C@@H](O)C(=O)NCCC(=O)NCCSC(=O)[C@@H](S)C(=O)CC(=O)O. The molecule has 3 rings (SSSR count). The number of phosphoric acid groups is 3. The van der Waals surface area contributed by atoms with Gasteiger partial charge in [-0.25, -0.2) is 28.6 Å². The number of carbonyl (C=O) groups excluding carboxylic acids is 4. The third kappa shape index (κ3) is 14.6. The number of amides is 2. The number of nitrogens with zero attached hydrogens (tertiary/aromatic N) is 4. The van der Waals surface area contributed by atoms with E-state index in [2.05, 4.69) is 47.0 Å². The molecule has 2 aromatic heterocycles. The number of carbonyl (C=O) groups is 5. The number of aromatic nitrogens is 4. The molecule has 27 nitrogen and oxygen atoms in total. The maximum Gasteiger partial charge on any atom is 0.481 e. The van der Waals surface area contributed by atoms with Gasteiger partial charge in [-0.3, -0.25) is 42.1 Å². The average molecular weight is 928 g/mol. The zero-order valence-electron chi connectivity index (χ0n) is 30.1. The van der Waals surface area contributed by atoms with Crippen molar-refractivity contribution in [2.75, 3.05) is 37.8 Å².